The van der Waals surface area contributed by atoms with Crippen molar-refractivity contribution in [1.29, 1.82) is 0 Å². The van der Waals surface area contributed by atoms with E-state index < -0.39 is 0 Å². The fourth-order valence-electron chi connectivity index (χ4n) is 3.30. The van der Waals surface area contributed by atoms with Gasteiger partial charge in [-0.3, -0.25) is 14.2 Å². The molecule has 31 heavy (non-hydrogen) atoms. The number of nitrogens with zero attached hydrogens (tertiary/aromatic N) is 2. The van der Waals surface area contributed by atoms with Crippen molar-refractivity contribution in [1.82, 2.24) is 14.9 Å². The first-order chi connectivity index (χ1) is 15.1. The van der Waals surface area contributed by atoms with E-state index in [-0.39, 0.29) is 17.2 Å². The quantitative estimate of drug-likeness (QED) is 0.354. The number of carbonyl (C=O) groups is 1. The van der Waals surface area contributed by atoms with Gasteiger partial charge in [-0.1, -0.05) is 71.9 Å². The zero-order valence-corrected chi connectivity index (χ0v) is 18.1. The maximum Gasteiger partial charge on any atom is 0.266 e. The standard InChI is InChI=1S/C25H23N3O2S/c1-18-11-13-20(14-12-18)28-24(30)21-9-5-6-10-22(21)27-25(28)31-17-23(29)26-16-15-19-7-3-2-4-8-19/h2-14H,15-17H2,1H3,(H,26,29). The van der Waals surface area contributed by atoms with Gasteiger partial charge in [-0.2, -0.15) is 0 Å². The number of hydrogen-bond donors (Lipinski definition) is 1. The Morgan fingerprint density at radius 1 is 0.968 bits per heavy atom. The highest BCUT2D eigenvalue weighted by Crippen LogP contribution is 2.21. The number of aromatic nitrogens is 2. The lowest BCUT2D eigenvalue weighted by Crippen LogP contribution is -2.28. The number of amides is 1. The Morgan fingerprint density at radius 3 is 2.45 bits per heavy atom. The minimum atomic E-state index is -0.138. The number of thioether (sulfide) groups is 1. The van der Waals surface area contributed by atoms with Crippen LogP contribution in [0.1, 0.15) is 11.1 Å². The van der Waals surface area contributed by atoms with Crippen molar-refractivity contribution in [3.05, 3.63) is 100 Å². The highest BCUT2D eigenvalue weighted by Gasteiger charge is 2.14. The van der Waals surface area contributed by atoms with Crippen LogP contribution in [0.4, 0.5) is 0 Å². The minimum Gasteiger partial charge on any atom is -0.355 e. The SMILES string of the molecule is Cc1ccc(-n2c(SCC(=O)NCCc3ccccc3)nc3ccccc3c2=O)cc1. The zero-order valence-electron chi connectivity index (χ0n) is 17.2. The van der Waals surface area contributed by atoms with Gasteiger partial charge >= 0.3 is 0 Å². The van der Waals surface area contributed by atoms with Crippen molar-refractivity contribution in [3.8, 4) is 5.69 Å². The number of fused-ring (bicyclic) bond motifs is 1. The van der Waals surface area contributed by atoms with E-state index in [0.29, 0.717) is 22.6 Å². The summed E-state index contributed by atoms with van der Waals surface area (Å²) in [6.45, 7) is 2.57. The van der Waals surface area contributed by atoms with Gasteiger partial charge in [0.05, 0.1) is 22.3 Å². The normalized spacial score (nSPS) is 10.9. The molecule has 0 bridgehead atoms. The second kappa shape index (κ2) is 9.62. The molecule has 4 aromatic rings. The molecule has 1 amide bonds. The van der Waals surface area contributed by atoms with E-state index >= 15 is 0 Å². The lowest BCUT2D eigenvalue weighted by Gasteiger charge is -2.13. The summed E-state index contributed by atoms with van der Waals surface area (Å²) < 4.78 is 1.59. The molecule has 0 aliphatic carbocycles. The van der Waals surface area contributed by atoms with E-state index in [2.05, 4.69) is 10.3 Å². The molecule has 0 spiro atoms. The molecule has 5 nitrogen and oxygen atoms in total. The van der Waals surface area contributed by atoms with E-state index in [0.717, 1.165) is 17.7 Å². The molecule has 3 aromatic carbocycles. The van der Waals surface area contributed by atoms with Gasteiger partial charge in [-0.25, -0.2) is 4.98 Å². The van der Waals surface area contributed by atoms with Crippen LogP contribution >= 0.6 is 11.8 Å². The van der Waals surface area contributed by atoms with Crippen molar-refractivity contribution >= 4 is 28.6 Å². The van der Waals surface area contributed by atoms with Gasteiger partial charge in [-0.05, 0) is 43.2 Å². The number of nitrogens with one attached hydrogen (secondary N) is 1. The Bertz CT molecular complexity index is 1250. The summed E-state index contributed by atoms with van der Waals surface area (Å²) in [5.74, 6) is 0.101. The molecule has 0 atom stereocenters. The second-order valence-corrected chi connectivity index (χ2v) is 8.20. The lowest BCUT2D eigenvalue weighted by molar-refractivity contribution is -0.118. The zero-order chi connectivity index (χ0) is 21.6. The van der Waals surface area contributed by atoms with Crippen LogP contribution in [0.15, 0.2) is 88.8 Å². The van der Waals surface area contributed by atoms with Crippen LogP contribution in [0, 0.1) is 6.92 Å². The molecule has 0 unspecified atom stereocenters. The molecule has 156 valence electrons. The first-order valence-corrected chi connectivity index (χ1v) is 11.1. The van der Waals surface area contributed by atoms with Gasteiger partial charge < -0.3 is 5.32 Å². The maximum atomic E-state index is 13.2. The predicted octanol–water partition coefficient (Wildman–Crippen LogP) is 4.15. The number of carbonyl (C=O) groups excluding carboxylic acids is 1. The van der Waals surface area contributed by atoms with E-state index in [1.165, 1.54) is 17.3 Å². The molecule has 1 N–H and O–H groups in total. The van der Waals surface area contributed by atoms with Crippen molar-refractivity contribution in [2.24, 2.45) is 0 Å². The average Bonchev–Trinajstić information content (AvgIpc) is 2.79. The third-order valence-corrected chi connectivity index (χ3v) is 5.89. The first-order valence-electron chi connectivity index (χ1n) is 10.1. The van der Waals surface area contributed by atoms with Crippen LogP contribution < -0.4 is 10.9 Å². The van der Waals surface area contributed by atoms with Crippen LogP contribution in [-0.2, 0) is 11.2 Å². The Morgan fingerprint density at radius 2 is 1.68 bits per heavy atom. The third kappa shape index (κ3) is 5.03. The fourth-order valence-corrected chi connectivity index (χ4v) is 4.15. The number of rotatable bonds is 7. The Hall–Kier alpha value is -3.38. The molecule has 4 rings (SSSR count). The van der Waals surface area contributed by atoms with Gasteiger partial charge in [0.1, 0.15) is 0 Å². The van der Waals surface area contributed by atoms with Crippen molar-refractivity contribution in [2.75, 3.05) is 12.3 Å². The molecule has 0 saturated carbocycles. The smallest absolute Gasteiger partial charge is 0.266 e. The Labute approximate surface area is 185 Å². The van der Waals surface area contributed by atoms with E-state index in [1.54, 1.807) is 10.6 Å². The summed E-state index contributed by atoms with van der Waals surface area (Å²) in [5, 5.41) is 4.01. The first kappa shape index (κ1) is 20.9. The summed E-state index contributed by atoms with van der Waals surface area (Å²) in [4.78, 5) is 30.3. The molecule has 6 heteroatoms. The molecular weight excluding hydrogens is 406 g/mol. The molecule has 0 aliphatic heterocycles. The number of para-hydroxylation sites is 1. The largest absolute Gasteiger partial charge is 0.355 e. The van der Waals surface area contributed by atoms with Crippen molar-refractivity contribution in [2.45, 2.75) is 18.5 Å². The predicted molar refractivity (Wildman–Crippen MR) is 126 cm³/mol. The molecule has 1 aromatic heterocycles. The molecule has 0 fully saturated rings. The van der Waals surface area contributed by atoms with Crippen molar-refractivity contribution in [3.63, 3.8) is 0 Å². The number of aryl methyl sites for hydroxylation is 1. The highest BCUT2D eigenvalue weighted by molar-refractivity contribution is 7.99. The molecule has 0 radical (unpaired) electrons. The van der Waals surface area contributed by atoms with Crippen LogP contribution in [0.25, 0.3) is 16.6 Å². The van der Waals surface area contributed by atoms with Gasteiger partial charge in [0.15, 0.2) is 5.16 Å². The molecule has 0 saturated heterocycles. The summed E-state index contributed by atoms with van der Waals surface area (Å²) in [6.07, 6.45) is 0.777. The second-order valence-electron chi connectivity index (χ2n) is 7.26. The van der Waals surface area contributed by atoms with E-state index in [1.807, 2.05) is 79.7 Å². The van der Waals surface area contributed by atoms with E-state index in [9.17, 15) is 9.59 Å². The van der Waals surface area contributed by atoms with Crippen LogP contribution in [0.3, 0.4) is 0 Å². The minimum absolute atomic E-state index is 0.0844. The topological polar surface area (TPSA) is 64.0 Å². The van der Waals surface area contributed by atoms with Crippen LogP contribution in [-0.4, -0.2) is 27.8 Å². The van der Waals surface area contributed by atoms with Gasteiger partial charge in [0.25, 0.3) is 5.56 Å². The van der Waals surface area contributed by atoms with Crippen LogP contribution in [0.5, 0.6) is 0 Å². The van der Waals surface area contributed by atoms with Gasteiger partial charge in [0, 0.05) is 6.54 Å². The van der Waals surface area contributed by atoms with Gasteiger partial charge in [0.2, 0.25) is 5.91 Å². The summed E-state index contributed by atoms with van der Waals surface area (Å²) in [7, 11) is 0. The third-order valence-electron chi connectivity index (χ3n) is 4.95. The summed E-state index contributed by atoms with van der Waals surface area (Å²) >= 11 is 1.27. The highest BCUT2D eigenvalue weighted by atomic mass is 32.2. The Kier molecular flexibility index (Phi) is 6.48. The molecule has 1 heterocycles. The Balaban J connectivity index is 1.53. The number of hydrogen-bond acceptors (Lipinski definition) is 4. The monoisotopic (exact) mass is 429 g/mol. The van der Waals surface area contributed by atoms with Crippen LogP contribution in [0.2, 0.25) is 0 Å². The average molecular weight is 430 g/mol. The van der Waals surface area contributed by atoms with Crippen molar-refractivity contribution < 1.29 is 4.79 Å². The molecule has 0 aliphatic rings. The van der Waals surface area contributed by atoms with E-state index in [4.69, 9.17) is 0 Å². The molecular formula is C25H23N3O2S. The summed E-state index contributed by atoms with van der Waals surface area (Å²) in [6, 6.07) is 25.0. The summed E-state index contributed by atoms with van der Waals surface area (Å²) in [5.41, 5.74) is 3.52. The number of benzene rings is 3. The maximum absolute atomic E-state index is 13.2. The lowest BCUT2D eigenvalue weighted by atomic mass is 10.1. The van der Waals surface area contributed by atoms with Gasteiger partial charge in [-0.15, -0.1) is 0 Å². The fraction of sp³-hybridized carbons (Fsp3) is 0.160.